The van der Waals surface area contributed by atoms with Gasteiger partial charge in [0.1, 0.15) is 30.9 Å². The third kappa shape index (κ3) is 9.48. The molecule has 0 saturated carbocycles. The van der Waals surface area contributed by atoms with Crippen molar-refractivity contribution < 1.29 is 37.9 Å². The molecule has 314 valence electrons. The summed E-state index contributed by atoms with van der Waals surface area (Å²) in [7, 11) is 2.95. The van der Waals surface area contributed by atoms with Gasteiger partial charge in [0, 0.05) is 61.4 Å². The second kappa shape index (κ2) is 17.1. The Morgan fingerprint density at radius 2 is 1.75 bits per heavy atom. The molecular weight excluding hydrogens is 755 g/mol. The van der Waals surface area contributed by atoms with Crippen molar-refractivity contribution in [3.05, 3.63) is 76.9 Å². The smallest absolute Gasteiger partial charge is 0.419 e. The summed E-state index contributed by atoms with van der Waals surface area (Å²) in [6, 6.07) is 9.98. The molecule has 59 heavy (non-hydrogen) atoms. The summed E-state index contributed by atoms with van der Waals surface area (Å²) >= 11 is 0. The number of aromatic amines is 1. The Kier molecular flexibility index (Phi) is 12.3. The number of hydrogen-bond acceptors (Lipinski definition) is 10. The molecule has 16 heteroatoms. The molecule has 5 heterocycles. The minimum atomic E-state index is -0.713. The molecule has 1 fully saturated rings. The van der Waals surface area contributed by atoms with E-state index in [0.717, 1.165) is 51.3 Å². The number of nitrogens with one attached hydrogen (secondary N) is 1. The van der Waals surface area contributed by atoms with Crippen LogP contribution in [0.2, 0.25) is 0 Å². The number of amides is 3. The fraction of sp³-hybridized carbons (Fsp3) is 0.465. The van der Waals surface area contributed by atoms with Gasteiger partial charge < -0.3 is 29.8 Å². The molecule has 1 saturated heterocycles. The minimum Gasteiger partial charge on any atom is -0.459 e. The average Bonchev–Trinajstić information content (AvgIpc) is 3.81. The van der Waals surface area contributed by atoms with E-state index in [1.807, 2.05) is 10.7 Å². The van der Waals surface area contributed by atoms with Crippen LogP contribution in [0.4, 0.5) is 15.4 Å². The number of nitrogens with two attached hydrogens (primary N) is 1. The largest absolute Gasteiger partial charge is 0.459 e. The van der Waals surface area contributed by atoms with Crippen LogP contribution in [0.25, 0.3) is 27.8 Å². The van der Waals surface area contributed by atoms with Crippen LogP contribution in [-0.4, -0.2) is 111 Å². The van der Waals surface area contributed by atoms with Gasteiger partial charge in [0.05, 0.1) is 18.8 Å². The molecular formula is C43H56N9O7+. The summed E-state index contributed by atoms with van der Waals surface area (Å²) < 4.78 is 18.6. The Bertz CT molecular complexity index is 2370. The van der Waals surface area contributed by atoms with Crippen LogP contribution < -0.4 is 10.6 Å². The second-order valence-electron chi connectivity index (χ2n) is 17.0. The van der Waals surface area contributed by atoms with E-state index in [9.17, 15) is 19.2 Å². The van der Waals surface area contributed by atoms with E-state index in [1.54, 1.807) is 39.2 Å². The number of anilines is 1. The van der Waals surface area contributed by atoms with Crippen molar-refractivity contribution in [2.75, 3.05) is 51.9 Å². The number of fused-ring (bicyclic) bond motifs is 2. The maximum absolute atomic E-state index is 13.5. The first-order valence-corrected chi connectivity index (χ1v) is 19.9. The Hall–Kier alpha value is -6.03. The number of carbonyl (C=O) groups excluding carboxylic acids is 4. The molecule has 1 aliphatic heterocycles. The number of rotatable bonds is 12. The third-order valence-electron chi connectivity index (χ3n) is 11.1. The van der Waals surface area contributed by atoms with Crippen molar-refractivity contribution in [3.8, 4) is 11.3 Å². The van der Waals surface area contributed by atoms with Crippen molar-refractivity contribution in [2.45, 2.75) is 85.4 Å². The first kappa shape index (κ1) is 42.6. The zero-order valence-corrected chi connectivity index (χ0v) is 35.5. The monoisotopic (exact) mass is 810 g/mol. The number of likely N-dealkylation sites (tertiary alicyclic amines) is 1. The van der Waals surface area contributed by atoms with Gasteiger partial charge >= 0.3 is 18.2 Å². The number of aryl methyl sites for hydroxylation is 1. The number of primary amides is 1. The number of ether oxygens (including phenoxy) is 3. The molecule has 3 amide bonds. The Morgan fingerprint density at radius 3 is 2.42 bits per heavy atom. The summed E-state index contributed by atoms with van der Waals surface area (Å²) in [6.07, 6.45) is 5.33. The molecule has 5 aromatic rings. The number of quaternary nitrogens is 1. The molecule has 0 atom stereocenters. The highest BCUT2D eigenvalue weighted by Crippen LogP contribution is 2.40. The van der Waals surface area contributed by atoms with Crippen molar-refractivity contribution in [1.82, 2.24) is 29.5 Å². The predicted molar refractivity (Wildman–Crippen MR) is 223 cm³/mol. The van der Waals surface area contributed by atoms with Crippen molar-refractivity contribution in [3.63, 3.8) is 0 Å². The first-order valence-electron chi connectivity index (χ1n) is 19.9. The lowest BCUT2D eigenvalue weighted by molar-refractivity contribution is -0.940. The van der Waals surface area contributed by atoms with Crippen LogP contribution >= 0.6 is 0 Å². The van der Waals surface area contributed by atoms with Crippen LogP contribution in [0.5, 0.6) is 0 Å². The van der Waals surface area contributed by atoms with Gasteiger partial charge in [0.2, 0.25) is 6.73 Å². The van der Waals surface area contributed by atoms with E-state index in [-0.39, 0.29) is 48.6 Å². The zero-order valence-electron chi connectivity index (χ0n) is 35.5. The third-order valence-corrected chi connectivity index (χ3v) is 11.1. The number of hydrogen-bond donors (Lipinski definition) is 2. The van der Waals surface area contributed by atoms with E-state index in [0.29, 0.717) is 18.7 Å². The summed E-state index contributed by atoms with van der Waals surface area (Å²) in [4.78, 5) is 65.6. The number of benzene rings is 1. The fourth-order valence-corrected chi connectivity index (χ4v) is 7.89. The molecule has 1 aromatic carbocycles. The number of likely N-dealkylation sites (N-methyl/N-ethyl adjacent to an activating group) is 1. The van der Waals surface area contributed by atoms with E-state index in [4.69, 9.17) is 19.9 Å². The summed E-state index contributed by atoms with van der Waals surface area (Å²) in [5, 5.41) is 5.60. The topological polar surface area (TPSA) is 187 Å². The maximum Gasteiger partial charge on any atom is 0.419 e. The molecule has 0 unspecified atom stereocenters. The fourth-order valence-electron chi connectivity index (χ4n) is 7.89. The molecule has 0 radical (unpaired) electrons. The van der Waals surface area contributed by atoms with Crippen LogP contribution in [0, 0.1) is 13.8 Å². The molecule has 0 bridgehead atoms. The Morgan fingerprint density at radius 1 is 1.02 bits per heavy atom. The number of carbonyl (C=O) groups is 4. The van der Waals surface area contributed by atoms with Gasteiger partial charge in [-0.2, -0.15) is 5.10 Å². The van der Waals surface area contributed by atoms with Crippen LogP contribution in [0.1, 0.15) is 87.1 Å². The first-order chi connectivity index (χ1) is 27.9. The van der Waals surface area contributed by atoms with Gasteiger partial charge in [-0.25, -0.2) is 24.1 Å². The summed E-state index contributed by atoms with van der Waals surface area (Å²) in [6.45, 7) is 14.4. The number of aromatic nitrogens is 5. The molecule has 4 aromatic heterocycles. The molecule has 6 rings (SSSR count). The minimum absolute atomic E-state index is 0.0266. The number of H-pyrrole nitrogens is 1. The molecule has 0 spiro atoms. The quantitative estimate of drug-likeness (QED) is 0.0819. The molecule has 16 nitrogen and oxygen atoms in total. The number of nitrogens with zero attached hydrogens (tertiary/aromatic N) is 7. The normalized spacial score (nSPS) is 16.9. The van der Waals surface area contributed by atoms with Gasteiger partial charge in [-0.15, -0.1) is 0 Å². The van der Waals surface area contributed by atoms with E-state index in [2.05, 4.69) is 65.9 Å². The van der Waals surface area contributed by atoms with Crippen molar-refractivity contribution in [1.29, 1.82) is 0 Å². The van der Waals surface area contributed by atoms with Gasteiger partial charge in [-0.3, -0.25) is 19.0 Å². The average molecular weight is 811 g/mol. The van der Waals surface area contributed by atoms with Gasteiger partial charge in [0.25, 0.3) is 5.91 Å². The van der Waals surface area contributed by atoms with E-state index < -0.39 is 29.7 Å². The number of piperidine rings is 1. The number of pyridine rings is 2. The zero-order chi connectivity index (χ0) is 42.8. The van der Waals surface area contributed by atoms with Crippen LogP contribution in [0.3, 0.4) is 0 Å². The maximum atomic E-state index is 13.5. The second-order valence-corrected chi connectivity index (χ2v) is 17.0. The van der Waals surface area contributed by atoms with Crippen molar-refractivity contribution in [2.24, 2.45) is 5.73 Å². The van der Waals surface area contributed by atoms with Crippen molar-refractivity contribution >= 4 is 46.4 Å². The highest BCUT2D eigenvalue weighted by Gasteiger charge is 2.38. The van der Waals surface area contributed by atoms with Crippen LogP contribution in [0.15, 0.2) is 49.1 Å². The lowest BCUT2D eigenvalue weighted by atomic mass is 9.86. The van der Waals surface area contributed by atoms with Gasteiger partial charge in [-0.05, 0) is 86.9 Å². The van der Waals surface area contributed by atoms with Crippen LogP contribution in [-0.2, 0) is 30.4 Å². The summed E-state index contributed by atoms with van der Waals surface area (Å²) in [5.74, 6) is -0.428. The highest BCUT2D eigenvalue weighted by molar-refractivity contribution is 5.93. The van der Waals surface area contributed by atoms with Gasteiger partial charge in [-0.1, -0.05) is 26.0 Å². The highest BCUT2D eigenvalue weighted by atomic mass is 16.6. The van der Waals surface area contributed by atoms with Gasteiger partial charge in [0.15, 0.2) is 12.2 Å². The lowest BCUT2D eigenvalue weighted by Gasteiger charge is -2.42. The molecule has 1 aliphatic rings. The standard InChI is InChI=1S/C43H55N9O7/c1-26(2)37-32-19-30(12-13-34(32)48-38(37)33-20-51-39(46-24-47-51)28(4)27(33)3)29-14-17-52(18-15-29,22-35(44)53)25-58-42(56)50(9)40-31(11-10-16-45-40)23-57-36(54)21-49(8)41(55)59-43(5,6)7/h10-13,16,19-20,24,26,29,48H,14-15,17-18,21-23,25H2,1-9H3,(H-,44,53)/p+1. The SMILES string of the molecule is Cc1c(-c2[nH]c3ccc(C4CC[N+](COC(=O)N(C)c5ncccc5COC(=O)CN(C)C(=O)OC(C)(C)C)(CC(N)=O)CC4)cc3c2C(C)C)cn2ncnc2c1C. The molecule has 0 aliphatic carbocycles. The summed E-state index contributed by atoms with van der Waals surface area (Å²) in [5.41, 5.74) is 14.3. The Balaban J connectivity index is 1.12. The lowest BCUT2D eigenvalue weighted by Crippen LogP contribution is -2.58. The predicted octanol–water partition coefficient (Wildman–Crippen LogP) is 6.33. The van der Waals surface area contributed by atoms with E-state index >= 15 is 0 Å². The number of esters is 1. The molecule has 3 N–H and O–H groups in total. The Labute approximate surface area is 344 Å². The van der Waals surface area contributed by atoms with E-state index in [1.165, 1.54) is 41.7 Å².